The van der Waals surface area contributed by atoms with Crippen molar-refractivity contribution >= 4 is 16.3 Å². The molecule has 0 radical (unpaired) electrons. The molecule has 0 aliphatic carbocycles. The predicted octanol–water partition coefficient (Wildman–Crippen LogP) is 5.83. The lowest BCUT2D eigenvalue weighted by atomic mass is 10.1. The molecule has 0 saturated carbocycles. The van der Waals surface area contributed by atoms with Gasteiger partial charge in [0.05, 0.1) is 7.11 Å². The molecule has 3 aromatic carbocycles. The average molecular weight is 392 g/mol. The van der Waals surface area contributed by atoms with Crippen molar-refractivity contribution in [1.82, 2.24) is 0 Å². The lowest BCUT2D eigenvalue weighted by Gasteiger charge is -2.09. The largest absolute Gasteiger partial charge is 0.490 e. The first-order chi connectivity index (χ1) is 14.8. The lowest BCUT2D eigenvalue weighted by molar-refractivity contribution is -0.498. The van der Waals surface area contributed by atoms with Crippen molar-refractivity contribution < 1.29 is 13.9 Å². The fourth-order valence-electron chi connectivity index (χ4n) is 3.78. The van der Waals surface area contributed by atoms with Gasteiger partial charge in [0.2, 0.25) is 5.69 Å². The summed E-state index contributed by atoms with van der Waals surface area (Å²) in [5.74, 6) is 1.70. The quantitative estimate of drug-likeness (QED) is 0.277. The number of ether oxygens (including phenoxy) is 2. The summed E-state index contributed by atoms with van der Waals surface area (Å²) in [6, 6.07) is 33.1. The van der Waals surface area contributed by atoms with Crippen LogP contribution in [0, 0.1) is 0 Å². The molecule has 0 fully saturated rings. The molecule has 0 saturated heterocycles. The third-order valence-corrected chi connectivity index (χ3v) is 5.32. The van der Waals surface area contributed by atoms with E-state index in [0.717, 1.165) is 44.6 Å². The van der Waals surface area contributed by atoms with Crippen LogP contribution in [0.25, 0.3) is 27.5 Å². The van der Waals surface area contributed by atoms with Gasteiger partial charge in [-0.15, -0.1) is 0 Å². The highest BCUT2D eigenvalue weighted by atomic mass is 16.5. The van der Waals surface area contributed by atoms with Gasteiger partial charge in [-0.05, 0) is 47.3 Å². The second-order valence-corrected chi connectivity index (χ2v) is 7.25. The molecule has 0 amide bonds. The predicted molar refractivity (Wildman–Crippen MR) is 120 cm³/mol. The van der Waals surface area contributed by atoms with Crippen LogP contribution in [-0.4, -0.2) is 7.11 Å². The molecule has 0 unspecified atom stereocenters. The Labute approximate surface area is 175 Å². The van der Waals surface area contributed by atoms with Crippen LogP contribution in [0.5, 0.6) is 11.5 Å². The van der Waals surface area contributed by atoms with Crippen LogP contribution in [0.2, 0.25) is 0 Å². The van der Waals surface area contributed by atoms with Crippen molar-refractivity contribution in [3.63, 3.8) is 0 Å². The number of hydrogen-bond acceptors (Lipinski definition) is 2. The second-order valence-electron chi connectivity index (χ2n) is 7.25. The number of benzene rings is 3. The minimum atomic E-state index is 0.552. The van der Waals surface area contributed by atoms with Gasteiger partial charge in [-0.3, -0.25) is 0 Å². The summed E-state index contributed by atoms with van der Waals surface area (Å²) < 4.78 is 13.9. The van der Waals surface area contributed by atoms with E-state index in [1.165, 1.54) is 0 Å². The first kappa shape index (κ1) is 18.2. The lowest BCUT2D eigenvalue weighted by Crippen LogP contribution is -2.25. The Hall–Kier alpha value is -3.85. The maximum absolute atomic E-state index is 6.02. The minimum absolute atomic E-state index is 0.552. The maximum atomic E-state index is 6.02. The smallest absolute Gasteiger partial charge is 0.254 e. The molecule has 146 valence electrons. The van der Waals surface area contributed by atoms with E-state index in [-0.39, 0.29) is 0 Å². The molecule has 0 atom stereocenters. The summed E-state index contributed by atoms with van der Waals surface area (Å²) in [5, 5.41) is 2.26. The zero-order chi connectivity index (χ0) is 20.3. The van der Waals surface area contributed by atoms with Crippen molar-refractivity contribution in [2.24, 2.45) is 0 Å². The normalized spacial score (nSPS) is 11.0. The monoisotopic (exact) mass is 392 g/mol. The molecule has 2 heterocycles. The molecule has 0 aliphatic heterocycles. The second kappa shape index (κ2) is 7.88. The third-order valence-electron chi connectivity index (χ3n) is 5.32. The van der Waals surface area contributed by atoms with E-state index in [4.69, 9.17) is 9.47 Å². The molecule has 5 rings (SSSR count). The van der Waals surface area contributed by atoms with E-state index in [9.17, 15) is 0 Å². The molecule has 3 nitrogen and oxygen atoms in total. The zero-order valence-corrected chi connectivity index (χ0v) is 16.8. The van der Waals surface area contributed by atoms with Gasteiger partial charge in [0.15, 0.2) is 11.9 Å². The molecule has 0 bridgehead atoms. The van der Waals surface area contributed by atoms with Crippen LogP contribution < -0.4 is 13.9 Å². The SMILES string of the molecule is COc1ccc(-c2ccccc2)[n+]2cc3ccc(OCc4ccccc4)cc3cc12. The van der Waals surface area contributed by atoms with Gasteiger partial charge in [-0.2, -0.15) is 4.40 Å². The van der Waals surface area contributed by atoms with Crippen LogP contribution >= 0.6 is 0 Å². The van der Waals surface area contributed by atoms with E-state index in [2.05, 4.69) is 71.3 Å². The molecule has 3 heteroatoms. The van der Waals surface area contributed by atoms with Crippen LogP contribution in [0.4, 0.5) is 0 Å². The van der Waals surface area contributed by atoms with Crippen molar-refractivity contribution in [3.05, 3.63) is 109 Å². The van der Waals surface area contributed by atoms with E-state index < -0.39 is 0 Å². The van der Waals surface area contributed by atoms with Crippen LogP contribution in [0.3, 0.4) is 0 Å². The zero-order valence-electron chi connectivity index (χ0n) is 16.8. The van der Waals surface area contributed by atoms with Gasteiger partial charge >= 0.3 is 0 Å². The van der Waals surface area contributed by atoms with Crippen molar-refractivity contribution in [3.8, 4) is 22.8 Å². The summed E-state index contributed by atoms with van der Waals surface area (Å²) in [6.07, 6.45) is 2.16. The highest BCUT2D eigenvalue weighted by molar-refractivity contribution is 5.86. The highest BCUT2D eigenvalue weighted by Gasteiger charge is 2.18. The number of methoxy groups -OCH3 is 1. The van der Waals surface area contributed by atoms with Crippen molar-refractivity contribution in [1.29, 1.82) is 0 Å². The maximum Gasteiger partial charge on any atom is 0.254 e. The van der Waals surface area contributed by atoms with E-state index in [1.807, 2.05) is 36.4 Å². The summed E-state index contributed by atoms with van der Waals surface area (Å²) in [6.45, 7) is 0.552. The molecule has 2 aromatic heterocycles. The van der Waals surface area contributed by atoms with Crippen molar-refractivity contribution in [2.45, 2.75) is 6.61 Å². The first-order valence-corrected chi connectivity index (χ1v) is 10.0. The van der Waals surface area contributed by atoms with Crippen LogP contribution in [0.15, 0.2) is 103 Å². The van der Waals surface area contributed by atoms with Crippen LogP contribution in [0.1, 0.15) is 5.56 Å². The molecular weight excluding hydrogens is 370 g/mol. The fourth-order valence-corrected chi connectivity index (χ4v) is 3.78. The summed E-state index contributed by atoms with van der Waals surface area (Å²) >= 11 is 0. The Morgan fingerprint density at radius 2 is 1.50 bits per heavy atom. The Morgan fingerprint density at radius 1 is 0.733 bits per heavy atom. The molecule has 30 heavy (non-hydrogen) atoms. The molecule has 0 N–H and O–H groups in total. The summed E-state index contributed by atoms with van der Waals surface area (Å²) in [7, 11) is 1.71. The standard InChI is InChI=1S/C27H22NO2/c1-29-27-15-14-25(21-10-6-3-7-11-21)28-18-22-12-13-24(16-23(22)17-26(27)28)30-19-20-8-4-2-5-9-20/h2-18H,19H2,1H3/q+1. The van der Waals surface area contributed by atoms with Crippen molar-refractivity contribution in [2.75, 3.05) is 7.11 Å². The van der Waals surface area contributed by atoms with E-state index in [1.54, 1.807) is 7.11 Å². The van der Waals surface area contributed by atoms with Gasteiger partial charge in [-0.1, -0.05) is 48.5 Å². The Morgan fingerprint density at radius 3 is 2.27 bits per heavy atom. The highest BCUT2D eigenvalue weighted by Crippen LogP contribution is 2.27. The average Bonchev–Trinajstić information content (AvgIpc) is 2.82. The number of nitrogens with zero attached hydrogens (tertiary/aromatic N) is 1. The number of pyridine rings is 2. The molecule has 0 spiro atoms. The summed E-state index contributed by atoms with van der Waals surface area (Å²) in [5.41, 5.74) is 4.46. The van der Waals surface area contributed by atoms with E-state index >= 15 is 0 Å². The van der Waals surface area contributed by atoms with Gasteiger partial charge in [0, 0.05) is 23.1 Å². The van der Waals surface area contributed by atoms with Gasteiger partial charge < -0.3 is 9.47 Å². The molecule has 0 aliphatic rings. The first-order valence-electron chi connectivity index (χ1n) is 10.0. The third kappa shape index (κ3) is 3.46. The van der Waals surface area contributed by atoms with Gasteiger partial charge in [-0.25, -0.2) is 0 Å². The number of aromatic nitrogens is 1. The molecular formula is C27H22NO2+. The number of fused-ring (bicyclic) bond motifs is 2. The Kier molecular flexibility index (Phi) is 4.78. The minimum Gasteiger partial charge on any atom is -0.490 e. The van der Waals surface area contributed by atoms with Gasteiger partial charge in [0.25, 0.3) is 5.52 Å². The summed E-state index contributed by atoms with van der Waals surface area (Å²) in [4.78, 5) is 0. The van der Waals surface area contributed by atoms with Gasteiger partial charge in [0.1, 0.15) is 12.4 Å². The number of rotatable bonds is 5. The topological polar surface area (TPSA) is 22.6 Å². The Balaban J connectivity index is 1.59. The van der Waals surface area contributed by atoms with E-state index in [0.29, 0.717) is 6.61 Å². The molecule has 5 aromatic rings. The number of hydrogen-bond donors (Lipinski definition) is 0. The fraction of sp³-hybridized carbons (Fsp3) is 0.0741. The van der Waals surface area contributed by atoms with Crippen LogP contribution in [-0.2, 0) is 6.61 Å². The Bertz CT molecular complexity index is 1310.